The minimum absolute atomic E-state index is 0.159. The zero-order valence-corrected chi connectivity index (χ0v) is 48.4. The molecule has 0 N–H and O–H groups in total. The highest BCUT2D eigenvalue weighted by Crippen LogP contribution is 2.71. The van der Waals surface area contributed by atoms with Crippen molar-refractivity contribution in [3.8, 4) is 44.5 Å². The Balaban J connectivity index is 0.000000133. The smallest absolute Gasteiger partial charge is 0.126 e. The van der Waals surface area contributed by atoms with Crippen molar-refractivity contribution in [2.45, 2.75) is 82.0 Å². The molecule has 2 nitrogen and oxygen atoms in total. The summed E-state index contributed by atoms with van der Waals surface area (Å²) in [6.07, 6.45) is 14.0. The third-order valence-corrected chi connectivity index (χ3v) is 22.5. The van der Waals surface area contributed by atoms with E-state index in [-0.39, 0.29) is 22.5 Å². The number of halogens is 2. The van der Waals surface area contributed by atoms with E-state index in [1.54, 1.807) is 40.5 Å². The van der Waals surface area contributed by atoms with Gasteiger partial charge in [-0.3, -0.25) is 0 Å². The molecule has 0 heterocycles. The number of anilines is 6. The van der Waals surface area contributed by atoms with Crippen molar-refractivity contribution in [3.63, 3.8) is 0 Å². The van der Waals surface area contributed by atoms with E-state index in [9.17, 15) is 8.78 Å². The maximum absolute atomic E-state index is 14.5. The third-order valence-electron chi connectivity index (χ3n) is 22.5. The summed E-state index contributed by atoms with van der Waals surface area (Å²) in [4.78, 5) is 4.57. The lowest BCUT2D eigenvalue weighted by molar-refractivity contribution is -0.0399. The second-order valence-electron chi connectivity index (χ2n) is 26.8. The molecule has 8 bridgehead atoms. The molecule has 8 saturated carbocycles. The van der Waals surface area contributed by atoms with E-state index >= 15 is 0 Å². The first-order valence-electron chi connectivity index (χ1n) is 31.7. The molecule has 0 amide bonds. The molecule has 0 unspecified atom stereocenters. The minimum atomic E-state index is -0.218. The van der Waals surface area contributed by atoms with Crippen molar-refractivity contribution in [2.24, 2.45) is 47.3 Å². The molecule has 0 radical (unpaired) electrons. The summed E-state index contributed by atoms with van der Waals surface area (Å²) >= 11 is 0. The van der Waals surface area contributed by atoms with Crippen LogP contribution in [-0.2, 0) is 10.8 Å². The standard InChI is InChI=1S/C41H36FN.C40H34FN/c1-26-19-34(16-18-40(26)42)43(33-13-11-30(12-14-33)29-7-3-2-4-8-29)35-15-17-39-37(25-35)36-9-5-6-10-38(36)41(39)31-21-27-20-28(23-31)24-32(41)22-27;41-32-12-16-34(17-13-32)42(33-14-10-29(11-15-33)28-6-2-1-3-7-28)35-18-19-39-37(25-35)36-8-4-5-9-38(36)40(39)30-21-26-20-27(23-30)24-31(40)22-26/h2-19,25,27-28,31-32H,20-24H2,1H3;1-19,25-27,30-31H,20-24H2. The third kappa shape index (κ3) is 7.99. The van der Waals surface area contributed by atoms with Gasteiger partial charge in [-0.1, -0.05) is 146 Å². The molecule has 2 spiro atoms. The molecular formula is C81H70F2N2. The van der Waals surface area contributed by atoms with Crippen LogP contribution in [0.15, 0.2) is 237 Å². The Hall–Kier alpha value is -8.34. The zero-order valence-electron chi connectivity index (χ0n) is 48.4. The predicted molar refractivity (Wildman–Crippen MR) is 344 cm³/mol. The Bertz CT molecular complexity index is 4130. The average molecular weight is 1110 g/mol. The van der Waals surface area contributed by atoms with Gasteiger partial charge in [0.1, 0.15) is 11.6 Å². The summed E-state index contributed by atoms with van der Waals surface area (Å²) in [5.41, 5.74) is 23.9. The fourth-order valence-corrected chi connectivity index (χ4v) is 19.7. The molecule has 10 aromatic rings. The SMILES string of the molecule is Cc1cc(N(c2ccc(-c3ccccc3)cc2)c2ccc3c(c2)-c2ccccc2C32C3CC4CC(C3)CC2C4)ccc1F.Fc1ccc(N(c2ccc(-c3ccccc3)cc2)c2ccc3c(c2)-c2ccccc2C32C3CC4CC(C3)CC2C4)cc1. The van der Waals surface area contributed by atoms with Crippen molar-refractivity contribution in [1.82, 2.24) is 0 Å². The number of rotatable bonds is 8. The van der Waals surface area contributed by atoms with E-state index in [1.807, 2.05) is 37.3 Å². The summed E-state index contributed by atoms with van der Waals surface area (Å²) in [6, 6.07) is 83.9. The van der Waals surface area contributed by atoms with Crippen LogP contribution in [0.2, 0.25) is 0 Å². The highest BCUT2D eigenvalue weighted by Gasteiger charge is 2.63. The van der Waals surface area contributed by atoms with E-state index < -0.39 is 0 Å². The molecule has 0 aromatic heterocycles. The average Bonchev–Trinajstić information content (AvgIpc) is 1.60. The predicted octanol–water partition coefficient (Wildman–Crippen LogP) is 21.7. The Morgan fingerprint density at radius 1 is 0.294 bits per heavy atom. The van der Waals surface area contributed by atoms with Crippen LogP contribution in [0, 0.1) is 65.9 Å². The summed E-state index contributed by atoms with van der Waals surface area (Å²) < 4.78 is 28.5. The lowest BCUT2D eigenvalue weighted by Gasteiger charge is -2.61. The summed E-state index contributed by atoms with van der Waals surface area (Å²) in [7, 11) is 0. The maximum atomic E-state index is 14.5. The van der Waals surface area contributed by atoms with E-state index in [0.717, 1.165) is 81.5 Å². The van der Waals surface area contributed by atoms with Gasteiger partial charge in [-0.2, -0.15) is 0 Å². The fourth-order valence-electron chi connectivity index (χ4n) is 19.7. The molecule has 0 atom stereocenters. The molecule has 0 saturated heterocycles. The number of benzene rings is 10. The van der Waals surface area contributed by atoms with Crippen molar-refractivity contribution in [1.29, 1.82) is 0 Å². The lowest BCUT2D eigenvalue weighted by atomic mass is 9.43. The van der Waals surface area contributed by atoms with Gasteiger partial charge in [0.2, 0.25) is 0 Å². The van der Waals surface area contributed by atoms with Crippen LogP contribution in [0.25, 0.3) is 44.5 Å². The van der Waals surface area contributed by atoms with Crippen molar-refractivity contribution in [3.05, 3.63) is 276 Å². The molecule has 8 fully saturated rings. The van der Waals surface area contributed by atoms with E-state index in [2.05, 4.69) is 198 Å². The van der Waals surface area contributed by atoms with Crippen LogP contribution < -0.4 is 9.80 Å². The van der Waals surface area contributed by atoms with E-state index in [1.165, 1.54) is 109 Å². The van der Waals surface area contributed by atoms with Gasteiger partial charge in [0, 0.05) is 45.0 Å². The van der Waals surface area contributed by atoms with Gasteiger partial charge in [0.25, 0.3) is 0 Å². The number of hydrogen-bond donors (Lipinski definition) is 0. The van der Waals surface area contributed by atoms with Gasteiger partial charge in [0.05, 0.1) is 0 Å². The van der Waals surface area contributed by atoms with Gasteiger partial charge in [-0.05, 0) is 282 Å². The van der Waals surface area contributed by atoms with Gasteiger partial charge < -0.3 is 9.80 Å². The highest BCUT2D eigenvalue weighted by atomic mass is 19.1. The summed E-state index contributed by atoms with van der Waals surface area (Å²) in [5, 5.41) is 0. The summed E-state index contributed by atoms with van der Waals surface area (Å²) in [6.45, 7) is 1.85. The first-order chi connectivity index (χ1) is 41.8. The molecule has 4 heteroatoms. The van der Waals surface area contributed by atoms with E-state index in [0.29, 0.717) is 5.56 Å². The van der Waals surface area contributed by atoms with Gasteiger partial charge in [0.15, 0.2) is 0 Å². The molecular weight excluding hydrogens is 1040 g/mol. The van der Waals surface area contributed by atoms with Crippen LogP contribution in [0.5, 0.6) is 0 Å². The molecule has 10 aromatic carbocycles. The first kappa shape index (κ1) is 51.1. The maximum Gasteiger partial charge on any atom is 0.126 e. The second kappa shape index (κ2) is 19.9. The minimum Gasteiger partial charge on any atom is -0.310 e. The highest BCUT2D eigenvalue weighted by molar-refractivity contribution is 5.90. The van der Waals surface area contributed by atoms with Crippen molar-refractivity contribution < 1.29 is 8.78 Å². The lowest BCUT2D eigenvalue weighted by Crippen LogP contribution is -2.55. The van der Waals surface area contributed by atoms with Crippen LogP contribution in [-0.4, -0.2) is 0 Å². The number of aryl methyl sites for hydroxylation is 1. The Labute approximate surface area is 499 Å². The van der Waals surface area contributed by atoms with Crippen LogP contribution >= 0.6 is 0 Å². The first-order valence-corrected chi connectivity index (χ1v) is 31.7. The number of hydrogen-bond acceptors (Lipinski definition) is 2. The monoisotopic (exact) mass is 1110 g/mol. The number of nitrogens with zero attached hydrogens (tertiary/aromatic N) is 2. The largest absolute Gasteiger partial charge is 0.310 e. The van der Waals surface area contributed by atoms with Crippen LogP contribution in [0.3, 0.4) is 0 Å². The van der Waals surface area contributed by atoms with Gasteiger partial charge in [-0.15, -0.1) is 0 Å². The quantitative estimate of drug-likeness (QED) is 0.150. The summed E-state index contributed by atoms with van der Waals surface area (Å²) in [5.74, 6) is 6.33. The van der Waals surface area contributed by atoms with Crippen LogP contribution in [0.1, 0.15) is 92.0 Å². The molecule has 20 rings (SSSR count). The van der Waals surface area contributed by atoms with Crippen molar-refractivity contribution >= 4 is 34.1 Å². The number of fused-ring (bicyclic) bond motifs is 6. The molecule has 0 aliphatic heterocycles. The molecule has 418 valence electrons. The molecule has 85 heavy (non-hydrogen) atoms. The normalized spacial score (nSPS) is 26.2. The Morgan fingerprint density at radius 3 is 1.02 bits per heavy atom. The van der Waals surface area contributed by atoms with Gasteiger partial charge in [-0.25, -0.2) is 8.78 Å². The Morgan fingerprint density at radius 2 is 0.612 bits per heavy atom. The van der Waals surface area contributed by atoms with Crippen molar-refractivity contribution in [2.75, 3.05) is 9.80 Å². The fraction of sp³-hybridized carbons (Fsp3) is 0.259. The second-order valence-corrected chi connectivity index (χ2v) is 26.8. The van der Waals surface area contributed by atoms with Gasteiger partial charge >= 0.3 is 0 Å². The van der Waals surface area contributed by atoms with Crippen LogP contribution in [0.4, 0.5) is 42.9 Å². The molecule has 10 aliphatic rings. The Kier molecular flexibility index (Phi) is 12.0. The topological polar surface area (TPSA) is 6.48 Å². The zero-order chi connectivity index (χ0) is 56.5. The van der Waals surface area contributed by atoms with E-state index in [4.69, 9.17) is 0 Å². The molecule has 10 aliphatic carbocycles.